The van der Waals surface area contributed by atoms with Gasteiger partial charge in [0.15, 0.2) is 0 Å². The summed E-state index contributed by atoms with van der Waals surface area (Å²) < 4.78 is 5.14. The average molecular weight is 326 g/mol. The van der Waals surface area contributed by atoms with Crippen LogP contribution in [0.5, 0.6) is 5.75 Å². The predicted octanol–water partition coefficient (Wildman–Crippen LogP) is 2.51. The number of carbonyl (C=O) groups is 1. The van der Waals surface area contributed by atoms with Crippen LogP contribution in [-0.2, 0) is 11.3 Å². The van der Waals surface area contributed by atoms with Crippen molar-refractivity contribution in [3.63, 3.8) is 0 Å². The summed E-state index contributed by atoms with van der Waals surface area (Å²) in [4.78, 5) is 18.2. The lowest BCUT2D eigenvalue weighted by atomic mass is 10.1. The Labute approximate surface area is 142 Å². The molecule has 2 rings (SSSR count). The first-order chi connectivity index (χ1) is 11.6. The molecule has 0 aliphatic rings. The zero-order valence-corrected chi connectivity index (χ0v) is 14.0. The number of hydrogen-bond donors (Lipinski definition) is 1. The second-order valence-electron chi connectivity index (χ2n) is 5.40. The van der Waals surface area contributed by atoms with Crippen LogP contribution in [-0.4, -0.2) is 41.2 Å². The number of amides is 1. The van der Waals surface area contributed by atoms with Crippen molar-refractivity contribution in [3.8, 4) is 5.75 Å². The van der Waals surface area contributed by atoms with E-state index in [-0.39, 0.29) is 19.1 Å². The maximum absolute atomic E-state index is 12.5. The number of methoxy groups -OCH3 is 1. The number of aliphatic hydroxyl groups excluding tert-OH is 1. The minimum Gasteiger partial charge on any atom is -0.497 e. The molecule has 1 amide bonds. The minimum atomic E-state index is -0.138. The molecule has 0 radical (unpaired) electrons. The molecule has 24 heavy (non-hydrogen) atoms. The van der Waals surface area contributed by atoms with Gasteiger partial charge in [-0.25, -0.2) is 0 Å². The molecule has 126 valence electrons. The van der Waals surface area contributed by atoms with Crippen LogP contribution >= 0.6 is 0 Å². The number of nitrogens with zero attached hydrogens (tertiary/aromatic N) is 2. The van der Waals surface area contributed by atoms with Crippen LogP contribution in [0.4, 0.5) is 0 Å². The molecule has 0 aliphatic carbocycles. The summed E-state index contributed by atoms with van der Waals surface area (Å²) in [6, 6.07) is 11.3. The van der Waals surface area contributed by atoms with Gasteiger partial charge in [-0.05, 0) is 41.8 Å². The molecule has 5 nitrogen and oxygen atoms in total. The maximum atomic E-state index is 12.5. The molecule has 0 saturated carbocycles. The summed E-state index contributed by atoms with van der Waals surface area (Å²) >= 11 is 0. The highest BCUT2D eigenvalue weighted by molar-refractivity contribution is 5.94. The normalized spacial score (nSPS) is 11.2. The first-order valence-electron chi connectivity index (χ1n) is 7.75. The fourth-order valence-corrected chi connectivity index (χ4v) is 2.31. The molecule has 0 saturated heterocycles. The van der Waals surface area contributed by atoms with Crippen LogP contribution in [0.2, 0.25) is 0 Å². The molecule has 0 aliphatic heterocycles. The first-order valence-corrected chi connectivity index (χ1v) is 7.75. The second-order valence-corrected chi connectivity index (χ2v) is 5.40. The second kappa shape index (κ2) is 8.84. The highest BCUT2D eigenvalue weighted by Crippen LogP contribution is 2.18. The lowest BCUT2D eigenvalue weighted by Crippen LogP contribution is -2.31. The van der Waals surface area contributed by atoms with Crippen molar-refractivity contribution in [1.29, 1.82) is 0 Å². The Kier molecular flexibility index (Phi) is 6.51. The number of pyridine rings is 1. The Balaban J connectivity index is 2.12. The van der Waals surface area contributed by atoms with Gasteiger partial charge in [0.1, 0.15) is 5.75 Å². The average Bonchev–Trinajstić information content (AvgIpc) is 2.62. The van der Waals surface area contributed by atoms with E-state index in [1.54, 1.807) is 30.5 Å². The zero-order valence-electron chi connectivity index (χ0n) is 14.0. The SMILES string of the molecule is COc1ccc(/C(C)=C/C(=O)N(CCO)Cc2cccnc2)cc1. The molecule has 5 heteroatoms. The van der Waals surface area contributed by atoms with Gasteiger partial charge in [-0.15, -0.1) is 0 Å². The first kappa shape index (κ1) is 17.7. The van der Waals surface area contributed by atoms with Gasteiger partial charge in [0.25, 0.3) is 0 Å². The third-order valence-corrected chi connectivity index (χ3v) is 3.66. The third kappa shape index (κ3) is 4.93. The maximum Gasteiger partial charge on any atom is 0.247 e. The number of carbonyl (C=O) groups excluding carboxylic acids is 1. The Morgan fingerprint density at radius 3 is 2.62 bits per heavy atom. The summed E-state index contributed by atoms with van der Waals surface area (Å²) in [5.41, 5.74) is 2.74. The summed E-state index contributed by atoms with van der Waals surface area (Å²) in [6.07, 6.45) is 5.00. The van der Waals surface area contributed by atoms with E-state index < -0.39 is 0 Å². The number of aromatic nitrogens is 1. The van der Waals surface area contributed by atoms with Gasteiger partial charge in [-0.1, -0.05) is 18.2 Å². The number of aliphatic hydroxyl groups is 1. The van der Waals surface area contributed by atoms with Crippen molar-refractivity contribution in [2.75, 3.05) is 20.3 Å². The van der Waals surface area contributed by atoms with Crippen molar-refractivity contribution in [2.24, 2.45) is 0 Å². The number of benzene rings is 1. The number of allylic oxidation sites excluding steroid dienone is 1. The third-order valence-electron chi connectivity index (χ3n) is 3.66. The zero-order chi connectivity index (χ0) is 17.4. The molecule has 0 atom stereocenters. The van der Waals surface area contributed by atoms with Crippen LogP contribution in [0.15, 0.2) is 54.9 Å². The van der Waals surface area contributed by atoms with Crippen LogP contribution < -0.4 is 4.74 Å². The Morgan fingerprint density at radius 2 is 2.04 bits per heavy atom. The monoisotopic (exact) mass is 326 g/mol. The Morgan fingerprint density at radius 1 is 1.29 bits per heavy atom. The molecule has 0 fully saturated rings. The molecule has 0 spiro atoms. The number of rotatable bonds is 7. The standard InChI is InChI=1S/C19H22N2O3/c1-15(17-5-7-18(24-2)8-6-17)12-19(23)21(10-11-22)14-16-4-3-9-20-13-16/h3-9,12-13,22H,10-11,14H2,1-2H3/b15-12+. The summed E-state index contributed by atoms with van der Waals surface area (Å²) in [5, 5.41) is 9.23. The molecule has 0 unspecified atom stereocenters. The van der Waals surface area contributed by atoms with Crippen LogP contribution in [0.3, 0.4) is 0 Å². The molecular formula is C19H22N2O3. The van der Waals surface area contributed by atoms with E-state index in [2.05, 4.69) is 4.98 Å². The van der Waals surface area contributed by atoms with E-state index in [0.29, 0.717) is 6.54 Å². The highest BCUT2D eigenvalue weighted by atomic mass is 16.5. The number of ether oxygens (including phenoxy) is 1. The smallest absolute Gasteiger partial charge is 0.247 e. The van der Waals surface area contributed by atoms with Crippen molar-refractivity contribution in [3.05, 3.63) is 66.0 Å². The Hall–Kier alpha value is -2.66. The highest BCUT2D eigenvalue weighted by Gasteiger charge is 2.12. The fourth-order valence-electron chi connectivity index (χ4n) is 2.31. The number of hydrogen-bond acceptors (Lipinski definition) is 4. The predicted molar refractivity (Wildman–Crippen MR) is 93.4 cm³/mol. The van der Waals surface area contributed by atoms with Gasteiger partial charge in [0.05, 0.1) is 13.7 Å². The molecule has 1 aromatic heterocycles. The van der Waals surface area contributed by atoms with Crippen LogP contribution in [0.25, 0.3) is 5.57 Å². The van der Waals surface area contributed by atoms with Crippen molar-refractivity contribution < 1.29 is 14.6 Å². The largest absolute Gasteiger partial charge is 0.497 e. The van der Waals surface area contributed by atoms with Crippen LogP contribution in [0.1, 0.15) is 18.1 Å². The van der Waals surface area contributed by atoms with E-state index in [0.717, 1.165) is 22.4 Å². The Bertz CT molecular complexity index is 682. The van der Waals surface area contributed by atoms with Gasteiger partial charge < -0.3 is 14.7 Å². The van der Waals surface area contributed by atoms with Gasteiger partial charge >= 0.3 is 0 Å². The quantitative estimate of drug-likeness (QED) is 0.794. The molecule has 1 N–H and O–H groups in total. The molecule has 0 bridgehead atoms. The fraction of sp³-hybridized carbons (Fsp3) is 0.263. The van der Waals surface area contributed by atoms with Crippen LogP contribution in [0, 0.1) is 0 Å². The molecule has 2 aromatic rings. The summed E-state index contributed by atoms with van der Waals surface area (Å²) in [5.74, 6) is 0.637. The van der Waals surface area contributed by atoms with Crippen molar-refractivity contribution in [2.45, 2.75) is 13.5 Å². The molecule has 1 heterocycles. The van der Waals surface area contributed by atoms with Gasteiger partial charge in [-0.3, -0.25) is 9.78 Å². The van der Waals surface area contributed by atoms with Crippen molar-refractivity contribution in [1.82, 2.24) is 9.88 Å². The topological polar surface area (TPSA) is 62.7 Å². The minimum absolute atomic E-state index is 0.0819. The van der Waals surface area contributed by atoms with E-state index in [1.165, 1.54) is 0 Å². The summed E-state index contributed by atoms with van der Waals surface area (Å²) in [6.45, 7) is 2.50. The lowest BCUT2D eigenvalue weighted by Gasteiger charge is -2.20. The van der Waals surface area contributed by atoms with Gasteiger partial charge in [-0.2, -0.15) is 0 Å². The van der Waals surface area contributed by atoms with E-state index >= 15 is 0 Å². The van der Waals surface area contributed by atoms with Gasteiger partial charge in [0, 0.05) is 31.6 Å². The van der Waals surface area contributed by atoms with E-state index in [4.69, 9.17) is 4.74 Å². The van der Waals surface area contributed by atoms with E-state index in [1.807, 2.05) is 43.3 Å². The molecule has 1 aromatic carbocycles. The summed E-state index contributed by atoms with van der Waals surface area (Å²) in [7, 11) is 1.62. The lowest BCUT2D eigenvalue weighted by molar-refractivity contribution is -0.127. The van der Waals surface area contributed by atoms with Crippen molar-refractivity contribution >= 4 is 11.5 Å². The van der Waals surface area contributed by atoms with E-state index in [9.17, 15) is 9.90 Å². The molecular weight excluding hydrogens is 304 g/mol. The van der Waals surface area contributed by atoms with Gasteiger partial charge in [0.2, 0.25) is 5.91 Å².